The summed E-state index contributed by atoms with van der Waals surface area (Å²) in [6.07, 6.45) is -1.01. The van der Waals surface area contributed by atoms with Gasteiger partial charge in [0.2, 0.25) is 0 Å². The van der Waals surface area contributed by atoms with Crippen molar-refractivity contribution in [2.24, 2.45) is 10.8 Å². The number of aliphatic hydroxyl groups is 1. The van der Waals surface area contributed by atoms with Gasteiger partial charge in [-0.05, 0) is 75.9 Å². The average Bonchev–Trinajstić information content (AvgIpc) is 3.08. The molecule has 0 unspecified atom stereocenters. The minimum absolute atomic E-state index is 0.104. The van der Waals surface area contributed by atoms with Gasteiger partial charge in [0.25, 0.3) is 0 Å². The summed E-state index contributed by atoms with van der Waals surface area (Å²) in [6.45, 7) is 9.19. The fourth-order valence-corrected chi connectivity index (χ4v) is 7.86. The molecule has 0 bridgehead atoms. The van der Waals surface area contributed by atoms with E-state index in [1.165, 1.54) is 14.1 Å². The van der Waals surface area contributed by atoms with Crippen molar-refractivity contribution in [3.05, 3.63) is 90.0 Å². The van der Waals surface area contributed by atoms with Crippen LogP contribution >= 0.6 is 0 Å². The standard InChI is InChI=1S/C36H40F2N2O2/c1-33(2)21-34(3,4)23-35(41,22-33)28-19-31(42-20-24-13-9-7-10-14-24)26-17-29-30(40(6)36(37,38)39(29)5)18-27(26)32(28)25-15-11-8-12-16-25/h7-19,41H,20-23H2,1-6H3. The lowest BCUT2D eigenvalue weighted by Crippen LogP contribution is -2.46. The molecule has 1 aliphatic heterocycles. The lowest BCUT2D eigenvalue weighted by Gasteiger charge is -2.50. The van der Waals surface area contributed by atoms with E-state index in [1.807, 2.05) is 78.9 Å². The van der Waals surface area contributed by atoms with Gasteiger partial charge >= 0.3 is 6.17 Å². The highest BCUT2D eigenvalue weighted by Crippen LogP contribution is 2.58. The van der Waals surface area contributed by atoms with Gasteiger partial charge in [-0.1, -0.05) is 88.4 Å². The first-order chi connectivity index (χ1) is 19.7. The van der Waals surface area contributed by atoms with Crippen molar-refractivity contribution >= 4 is 22.1 Å². The number of ether oxygens (including phenoxy) is 1. The molecule has 0 aromatic heterocycles. The van der Waals surface area contributed by atoms with Gasteiger partial charge in [0.15, 0.2) is 0 Å². The Morgan fingerprint density at radius 1 is 0.738 bits per heavy atom. The number of hydrogen-bond donors (Lipinski definition) is 1. The average molecular weight is 571 g/mol. The minimum atomic E-state index is -3.17. The van der Waals surface area contributed by atoms with Crippen LogP contribution < -0.4 is 14.5 Å². The lowest BCUT2D eigenvalue weighted by molar-refractivity contribution is -0.0909. The first-order valence-corrected chi connectivity index (χ1v) is 14.7. The molecule has 0 saturated heterocycles. The second-order valence-electron chi connectivity index (χ2n) is 13.8. The summed E-state index contributed by atoms with van der Waals surface area (Å²) in [6, 6.07) is 25.5. The Morgan fingerprint density at radius 2 is 1.26 bits per heavy atom. The molecule has 1 fully saturated rings. The normalized spacial score (nSPS) is 20.0. The van der Waals surface area contributed by atoms with Gasteiger partial charge in [-0.2, -0.15) is 8.78 Å². The molecule has 0 spiro atoms. The predicted molar refractivity (Wildman–Crippen MR) is 167 cm³/mol. The molecule has 4 aromatic carbocycles. The molecule has 6 rings (SSSR count). The highest BCUT2D eigenvalue weighted by Gasteiger charge is 2.50. The zero-order chi connectivity index (χ0) is 30.1. The van der Waals surface area contributed by atoms with E-state index in [2.05, 4.69) is 27.7 Å². The van der Waals surface area contributed by atoms with Crippen molar-refractivity contribution in [1.82, 2.24) is 0 Å². The third-order valence-electron chi connectivity index (χ3n) is 9.02. The molecule has 6 heteroatoms. The maximum absolute atomic E-state index is 15.3. The Morgan fingerprint density at radius 3 is 1.83 bits per heavy atom. The lowest BCUT2D eigenvalue weighted by atomic mass is 9.57. The highest BCUT2D eigenvalue weighted by molar-refractivity contribution is 6.07. The maximum Gasteiger partial charge on any atom is 0.413 e. The molecule has 42 heavy (non-hydrogen) atoms. The monoisotopic (exact) mass is 570 g/mol. The molecule has 220 valence electrons. The Hall–Kier alpha value is -3.64. The van der Waals surface area contributed by atoms with E-state index in [-0.39, 0.29) is 10.8 Å². The van der Waals surface area contributed by atoms with Crippen molar-refractivity contribution < 1.29 is 18.6 Å². The summed E-state index contributed by atoms with van der Waals surface area (Å²) < 4.78 is 37.0. The summed E-state index contributed by atoms with van der Waals surface area (Å²) >= 11 is 0. The molecule has 1 saturated carbocycles. The molecule has 1 N–H and O–H groups in total. The van der Waals surface area contributed by atoms with Crippen LogP contribution in [-0.4, -0.2) is 25.4 Å². The number of rotatable bonds is 5. The van der Waals surface area contributed by atoms with E-state index in [0.29, 0.717) is 36.6 Å². The SMILES string of the molecule is CN1c2cc3c(OCc4ccccc4)cc(C4(O)CC(C)(C)CC(C)(C)C4)c(-c4ccccc4)c3cc2N(C)C1(F)F. The van der Waals surface area contributed by atoms with Gasteiger partial charge in [0.1, 0.15) is 12.4 Å². The van der Waals surface area contributed by atoms with Gasteiger partial charge in [0, 0.05) is 19.5 Å². The zero-order valence-corrected chi connectivity index (χ0v) is 25.3. The van der Waals surface area contributed by atoms with Crippen LogP contribution in [0.1, 0.15) is 58.1 Å². The Labute approximate surface area is 247 Å². The zero-order valence-electron chi connectivity index (χ0n) is 25.3. The largest absolute Gasteiger partial charge is 0.488 e. The summed E-state index contributed by atoms with van der Waals surface area (Å²) in [7, 11) is 2.84. The van der Waals surface area contributed by atoms with E-state index in [4.69, 9.17) is 4.74 Å². The Bertz CT molecular complexity index is 1620. The highest BCUT2D eigenvalue weighted by atomic mass is 19.3. The smallest absolute Gasteiger partial charge is 0.413 e. The topological polar surface area (TPSA) is 35.9 Å². The molecule has 1 aliphatic carbocycles. The Balaban J connectivity index is 1.66. The van der Waals surface area contributed by atoms with E-state index in [0.717, 1.165) is 49.2 Å². The molecule has 1 heterocycles. The fraction of sp³-hybridized carbons (Fsp3) is 0.389. The van der Waals surface area contributed by atoms with Crippen LogP contribution in [0.3, 0.4) is 0 Å². The predicted octanol–water partition coefficient (Wildman–Crippen LogP) is 8.95. The van der Waals surface area contributed by atoms with Crippen molar-refractivity contribution in [3.8, 4) is 16.9 Å². The summed E-state index contributed by atoms with van der Waals surface area (Å²) in [4.78, 5) is 2.04. The molecule has 4 nitrogen and oxygen atoms in total. The second kappa shape index (κ2) is 9.70. The van der Waals surface area contributed by atoms with Crippen LogP contribution in [0.25, 0.3) is 21.9 Å². The van der Waals surface area contributed by atoms with E-state index in [1.54, 1.807) is 0 Å². The van der Waals surface area contributed by atoms with Gasteiger partial charge in [-0.3, -0.25) is 9.80 Å². The van der Waals surface area contributed by atoms with Crippen LogP contribution in [-0.2, 0) is 12.2 Å². The van der Waals surface area contributed by atoms with Crippen LogP contribution in [0.2, 0.25) is 0 Å². The summed E-state index contributed by atoms with van der Waals surface area (Å²) in [5, 5.41) is 14.2. The molecular weight excluding hydrogens is 530 g/mol. The number of halogens is 2. The first-order valence-electron chi connectivity index (χ1n) is 14.7. The maximum atomic E-state index is 15.3. The number of hydrogen-bond acceptors (Lipinski definition) is 4. The molecule has 4 aromatic rings. The van der Waals surface area contributed by atoms with Gasteiger partial charge < -0.3 is 9.84 Å². The van der Waals surface area contributed by atoms with Crippen molar-refractivity contribution in [3.63, 3.8) is 0 Å². The van der Waals surface area contributed by atoms with Crippen LogP contribution in [0.4, 0.5) is 20.2 Å². The number of benzene rings is 4. The van der Waals surface area contributed by atoms with Crippen LogP contribution in [0.15, 0.2) is 78.9 Å². The first kappa shape index (κ1) is 28.5. The third-order valence-corrected chi connectivity index (χ3v) is 9.02. The van der Waals surface area contributed by atoms with E-state index < -0.39 is 11.8 Å². The van der Waals surface area contributed by atoms with Crippen LogP contribution in [0.5, 0.6) is 5.75 Å². The summed E-state index contributed by atoms with van der Waals surface area (Å²) in [5.41, 5.74) is 3.10. The van der Waals surface area contributed by atoms with Crippen molar-refractivity contribution in [1.29, 1.82) is 0 Å². The van der Waals surface area contributed by atoms with Crippen LogP contribution in [0, 0.1) is 10.8 Å². The Kier molecular flexibility index (Phi) is 6.58. The molecule has 0 atom stereocenters. The van der Waals surface area contributed by atoms with Gasteiger partial charge in [0.05, 0.1) is 17.0 Å². The number of nitrogens with zero attached hydrogens (tertiary/aromatic N) is 2. The van der Waals surface area contributed by atoms with E-state index >= 15 is 8.78 Å². The van der Waals surface area contributed by atoms with Gasteiger partial charge in [-0.25, -0.2) is 0 Å². The van der Waals surface area contributed by atoms with Gasteiger partial charge in [-0.15, -0.1) is 0 Å². The minimum Gasteiger partial charge on any atom is -0.488 e. The quantitative estimate of drug-likeness (QED) is 0.243. The van der Waals surface area contributed by atoms with Crippen molar-refractivity contribution in [2.45, 2.75) is 65.3 Å². The fourth-order valence-electron chi connectivity index (χ4n) is 7.86. The molecule has 0 radical (unpaired) electrons. The molecule has 2 aliphatic rings. The summed E-state index contributed by atoms with van der Waals surface area (Å²) in [5.74, 6) is 0.576. The van der Waals surface area contributed by atoms with E-state index in [9.17, 15) is 5.11 Å². The second-order valence-corrected chi connectivity index (χ2v) is 13.8. The number of anilines is 2. The number of fused-ring (bicyclic) bond motifs is 2. The molecule has 0 amide bonds. The van der Waals surface area contributed by atoms with Crippen molar-refractivity contribution in [2.75, 3.05) is 23.9 Å². The third kappa shape index (κ3) is 4.80. The number of alkyl halides is 2. The molecular formula is C36H40F2N2O2.